The normalized spacial score (nSPS) is 11.8. The smallest absolute Gasteiger partial charge is 0.269 e. The van der Waals surface area contributed by atoms with Crippen LogP contribution in [0.1, 0.15) is 5.56 Å². The van der Waals surface area contributed by atoms with Crippen molar-refractivity contribution in [2.24, 2.45) is 0 Å². The van der Waals surface area contributed by atoms with Crippen molar-refractivity contribution in [2.45, 2.75) is 6.42 Å². The van der Waals surface area contributed by atoms with Crippen molar-refractivity contribution in [2.75, 3.05) is 11.9 Å². The largest absolute Gasteiger partial charge is 0.384 e. The molecule has 1 aliphatic rings. The highest BCUT2D eigenvalue weighted by molar-refractivity contribution is 5.59. The third kappa shape index (κ3) is 3.00. The van der Waals surface area contributed by atoms with E-state index in [1.807, 2.05) is 0 Å². The second kappa shape index (κ2) is 5.72. The van der Waals surface area contributed by atoms with Crippen molar-refractivity contribution in [1.29, 1.82) is 0 Å². The Kier molecular flexibility index (Phi) is 3.80. The van der Waals surface area contributed by atoms with Crippen LogP contribution in [0.25, 0.3) is 0 Å². The molecule has 0 saturated carbocycles. The molecule has 1 aromatic heterocycles. The highest BCUT2D eigenvalue weighted by atomic mass is 16.6. The topological polar surface area (TPSA) is 81.0 Å². The SMILES string of the molecule is O=[N+]([O-])c1ccc2c(c1)CCN2.c1cncnc1. The quantitative estimate of drug-likeness (QED) is 0.613. The second-order valence-electron chi connectivity index (χ2n) is 3.68. The van der Waals surface area contributed by atoms with Gasteiger partial charge in [-0.2, -0.15) is 0 Å². The number of rotatable bonds is 1. The molecule has 1 N–H and O–H groups in total. The van der Waals surface area contributed by atoms with Gasteiger partial charge in [0.2, 0.25) is 0 Å². The number of anilines is 1. The lowest BCUT2D eigenvalue weighted by Gasteiger charge is -1.97. The average molecular weight is 244 g/mol. The zero-order valence-electron chi connectivity index (χ0n) is 9.61. The van der Waals surface area contributed by atoms with Gasteiger partial charge in [0, 0.05) is 36.8 Å². The predicted molar refractivity (Wildman–Crippen MR) is 67.3 cm³/mol. The van der Waals surface area contributed by atoms with E-state index < -0.39 is 0 Å². The Balaban J connectivity index is 0.000000169. The number of nitrogens with one attached hydrogen (secondary N) is 1. The molecule has 6 nitrogen and oxygen atoms in total. The van der Waals surface area contributed by atoms with Crippen molar-refractivity contribution in [3.05, 3.63) is 58.7 Å². The first-order valence-electron chi connectivity index (χ1n) is 5.48. The molecule has 0 amide bonds. The van der Waals surface area contributed by atoms with Crippen LogP contribution < -0.4 is 5.32 Å². The van der Waals surface area contributed by atoms with Crippen molar-refractivity contribution in [1.82, 2.24) is 9.97 Å². The molecule has 0 radical (unpaired) electrons. The lowest BCUT2D eigenvalue weighted by molar-refractivity contribution is -0.384. The zero-order valence-corrected chi connectivity index (χ0v) is 9.61. The molecule has 2 heterocycles. The molecule has 0 aliphatic carbocycles. The number of hydrogen-bond donors (Lipinski definition) is 1. The predicted octanol–water partition coefficient (Wildman–Crippen LogP) is 2.04. The fourth-order valence-corrected chi connectivity index (χ4v) is 1.66. The van der Waals surface area contributed by atoms with Crippen LogP contribution in [-0.4, -0.2) is 21.4 Å². The Morgan fingerprint density at radius 2 is 2.06 bits per heavy atom. The Hall–Kier alpha value is -2.50. The van der Waals surface area contributed by atoms with Gasteiger partial charge in [0.05, 0.1) is 4.92 Å². The monoisotopic (exact) mass is 244 g/mol. The highest BCUT2D eigenvalue weighted by Crippen LogP contribution is 2.25. The van der Waals surface area contributed by atoms with E-state index in [-0.39, 0.29) is 10.6 Å². The summed E-state index contributed by atoms with van der Waals surface area (Å²) < 4.78 is 0. The summed E-state index contributed by atoms with van der Waals surface area (Å²) in [6.07, 6.45) is 5.76. The standard InChI is InChI=1S/C8H8N2O2.C4H4N2/c11-10(12)7-1-2-8-6(5-7)3-4-9-8;1-2-5-4-6-3-1/h1-2,5,9H,3-4H2;1-4H. The minimum absolute atomic E-state index is 0.178. The van der Waals surface area contributed by atoms with E-state index in [4.69, 9.17) is 0 Å². The third-order valence-electron chi connectivity index (χ3n) is 2.49. The van der Waals surface area contributed by atoms with Gasteiger partial charge in [0.1, 0.15) is 6.33 Å². The van der Waals surface area contributed by atoms with Crippen LogP contribution in [0.15, 0.2) is 43.0 Å². The Bertz CT molecular complexity index is 504. The molecule has 0 fully saturated rings. The number of non-ortho nitro benzene ring substituents is 1. The molecule has 2 aromatic rings. The van der Waals surface area contributed by atoms with E-state index >= 15 is 0 Å². The number of benzene rings is 1. The number of nitro benzene ring substituents is 1. The molecule has 92 valence electrons. The third-order valence-corrected chi connectivity index (χ3v) is 2.49. The number of hydrogen-bond acceptors (Lipinski definition) is 5. The minimum atomic E-state index is -0.362. The van der Waals surface area contributed by atoms with Gasteiger partial charge in [-0.05, 0) is 24.1 Å². The van der Waals surface area contributed by atoms with Gasteiger partial charge < -0.3 is 5.32 Å². The molecule has 1 aliphatic heterocycles. The van der Waals surface area contributed by atoms with Gasteiger partial charge in [0.15, 0.2) is 0 Å². The van der Waals surface area contributed by atoms with Crippen LogP contribution >= 0.6 is 0 Å². The molecule has 0 unspecified atom stereocenters. The van der Waals surface area contributed by atoms with Gasteiger partial charge in [-0.15, -0.1) is 0 Å². The molecule has 18 heavy (non-hydrogen) atoms. The summed E-state index contributed by atoms with van der Waals surface area (Å²) >= 11 is 0. The van der Waals surface area contributed by atoms with Gasteiger partial charge in [-0.3, -0.25) is 10.1 Å². The lowest BCUT2D eigenvalue weighted by Crippen LogP contribution is -1.90. The first kappa shape index (κ1) is 12.0. The zero-order chi connectivity index (χ0) is 12.8. The number of nitrogens with zero attached hydrogens (tertiary/aromatic N) is 3. The Labute approximate surface area is 104 Å². The van der Waals surface area contributed by atoms with Crippen molar-refractivity contribution in [3.63, 3.8) is 0 Å². The Morgan fingerprint density at radius 3 is 2.61 bits per heavy atom. The van der Waals surface area contributed by atoms with E-state index in [1.54, 1.807) is 30.6 Å². The van der Waals surface area contributed by atoms with E-state index in [9.17, 15) is 10.1 Å². The van der Waals surface area contributed by atoms with Gasteiger partial charge in [0.25, 0.3) is 5.69 Å². The first-order chi connectivity index (χ1) is 8.77. The summed E-state index contributed by atoms with van der Waals surface area (Å²) in [7, 11) is 0. The van der Waals surface area contributed by atoms with E-state index in [0.29, 0.717) is 0 Å². The minimum Gasteiger partial charge on any atom is -0.384 e. The van der Waals surface area contributed by atoms with Crippen molar-refractivity contribution < 1.29 is 4.92 Å². The Morgan fingerprint density at radius 1 is 1.28 bits per heavy atom. The van der Waals surface area contributed by atoms with E-state index in [2.05, 4.69) is 15.3 Å². The maximum atomic E-state index is 10.4. The van der Waals surface area contributed by atoms with Crippen LogP contribution in [0.4, 0.5) is 11.4 Å². The molecule has 0 spiro atoms. The summed E-state index contributed by atoms with van der Waals surface area (Å²) in [4.78, 5) is 17.4. The van der Waals surface area contributed by atoms with E-state index in [0.717, 1.165) is 24.2 Å². The molecular formula is C12H12N4O2. The number of aromatic nitrogens is 2. The van der Waals surface area contributed by atoms with Crippen LogP contribution in [0.2, 0.25) is 0 Å². The maximum Gasteiger partial charge on any atom is 0.269 e. The second-order valence-corrected chi connectivity index (χ2v) is 3.68. The number of fused-ring (bicyclic) bond motifs is 1. The van der Waals surface area contributed by atoms with Crippen molar-refractivity contribution >= 4 is 11.4 Å². The fourth-order valence-electron chi connectivity index (χ4n) is 1.66. The molecule has 1 aromatic carbocycles. The lowest BCUT2D eigenvalue weighted by atomic mass is 10.1. The van der Waals surface area contributed by atoms with Crippen LogP contribution in [0.5, 0.6) is 0 Å². The number of nitro groups is 1. The summed E-state index contributed by atoms with van der Waals surface area (Å²) in [5, 5.41) is 13.5. The molecule has 0 atom stereocenters. The van der Waals surface area contributed by atoms with Crippen LogP contribution in [0, 0.1) is 10.1 Å². The fraction of sp³-hybridized carbons (Fsp3) is 0.167. The van der Waals surface area contributed by atoms with Gasteiger partial charge in [-0.1, -0.05) is 0 Å². The first-order valence-corrected chi connectivity index (χ1v) is 5.48. The van der Waals surface area contributed by atoms with Crippen LogP contribution in [0.3, 0.4) is 0 Å². The molecule has 0 saturated heterocycles. The average Bonchev–Trinajstić information content (AvgIpc) is 2.88. The maximum absolute atomic E-state index is 10.4. The summed E-state index contributed by atoms with van der Waals surface area (Å²) in [6.45, 7) is 0.885. The summed E-state index contributed by atoms with van der Waals surface area (Å²) in [5.74, 6) is 0. The summed E-state index contributed by atoms with van der Waals surface area (Å²) in [6, 6.07) is 6.70. The molecule has 0 bridgehead atoms. The molecule has 6 heteroatoms. The summed E-state index contributed by atoms with van der Waals surface area (Å²) in [5.41, 5.74) is 2.25. The van der Waals surface area contributed by atoms with Crippen LogP contribution in [-0.2, 0) is 6.42 Å². The molecule has 3 rings (SSSR count). The molecular weight excluding hydrogens is 232 g/mol. The van der Waals surface area contributed by atoms with Crippen molar-refractivity contribution in [3.8, 4) is 0 Å². The van der Waals surface area contributed by atoms with Gasteiger partial charge >= 0.3 is 0 Å². The van der Waals surface area contributed by atoms with E-state index in [1.165, 1.54) is 12.4 Å². The highest BCUT2D eigenvalue weighted by Gasteiger charge is 2.13. The van der Waals surface area contributed by atoms with Gasteiger partial charge in [-0.25, -0.2) is 9.97 Å².